The molecule has 0 spiro atoms. The van der Waals surface area contributed by atoms with Gasteiger partial charge in [-0.15, -0.1) is 0 Å². The second kappa shape index (κ2) is 11.0. The quantitative estimate of drug-likeness (QED) is 0.369. The molecule has 8 heteroatoms. The van der Waals surface area contributed by atoms with Gasteiger partial charge in [0.15, 0.2) is 23.9 Å². The van der Waals surface area contributed by atoms with Crippen LogP contribution < -0.4 is 19.5 Å². The van der Waals surface area contributed by atoms with Gasteiger partial charge >= 0.3 is 0 Å². The van der Waals surface area contributed by atoms with Crippen molar-refractivity contribution in [2.45, 2.75) is 20.4 Å². The third kappa shape index (κ3) is 5.79. The fraction of sp³-hybridized carbons (Fsp3) is 0.240. The van der Waals surface area contributed by atoms with E-state index >= 15 is 0 Å². The maximum absolute atomic E-state index is 12.5. The molecule has 0 saturated carbocycles. The van der Waals surface area contributed by atoms with Crippen LogP contribution in [-0.4, -0.2) is 42.3 Å². The molecule has 0 radical (unpaired) electrons. The number of aryl methyl sites for hydroxylation is 1. The van der Waals surface area contributed by atoms with E-state index in [0.717, 1.165) is 11.3 Å². The Morgan fingerprint density at radius 3 is 2.52 bits per heavy atom. The first kappa shape index (κ1) is 23.6. The van der Waals surface area contributed by atoms with Crippen LogP contribution in [0.4, 0.5) is 5.69 Å². The zero-order valence-electron chi connectivity index (χ0n) is 19.1. The summed E-state index contributed by atoms with van der Waals surface area (Å²) in [5, 5.41) is 6.96. The fourth-order valence-corrected chi connectivity index (χ4v) is 3.25. The molecule has 0 aliphatic carbocycles. The van der Waals surface area contributed by atoms with Crippen LogP contribution in [0.25, 0.3) is 6.08 Å². The van der Waals surface area contributed by atoms with E-state index in [-0.39, 0.29) is 18.3 Å². The Morgan fingerprint density at radius 1 is 1.06 bits per heavy atom. The highest BCUT2D eigenvalue weighted by Gasteiger charge is 2.12. The van der Waals surface area contributed by atoms with Crippen LogP contribution in [-0.2, 0) is 11.3 Å². The Bertz CT molecular complexity index is 1170. The maximum atomic E-state index is 12.5. The van der Waals surface area contributed by atoms with E-state index < -0.39 is 0 Å². The van der Waals surface area contributed by atoms with E-state index in [2.05, 4.69) is 10.4 Å². The number of anilines is 1. The third-order valence-electron chi connectivity index (χ3n) is 5.02. The average Bonchev–Trinajstić information content (AvgIpc) is 3.22. The van der Waals surface area contributed by atoms with Crippen LogP contribution in [0.2, 0.25) is 0 Å². The van der Waals surface area contributed by atoms with Crippen molar-refractivity contribution in [3.63, 3.8) is 0 Å². The molecule has 33 heavy (non-hydrogen) atoms. The van der Waals surface area contributed by atoms with Gasteiger partial charge in [-0.25, -0.2) is 0 Å². The van der Waals surface area contributed by atoms with Crippen molar-refractivity contribution in [1.82, 2.24) is 9.78 Å². The molecular weight excluding hydrogens is 422 g/mol. The van der Waals surface area contributed by atoms with Crippen LogP contribution in [0.5, 0.6) is 17.2 Å². The fourth-order valence-electron chi connectivity index (χ4n) is 3.25. The number of allylic oxidation sites excluding steroid dienone is 1. The van der Waals surface area contributed by atoms with E-state index in [1.54, 1.807) is 53.4 Å². The van der Waals surface area contributed by atoms with E-state index in [1.165, 1.54) is 20.3 Å². The number of ketones is 1. The standard InChI is InChI=1S/C25H27N3O5/c1-5-28-17(2)19(15-26-28)21(29)12-10-18-11-13-23(24(14-18)32-4)33-16-25(30)27-20-8-6-7-9-22(20)31-3/h6-15H,5,16H2,1-4H3,(H,27,30)/b12-10+. The van der Waals surface area contributed by atoms with Crippen LogP contribution in [0.1, 0.15) is 28.5 Å². The molecule has 1 heterocycles. The normalized spacial score (nSPS) is 10.8. The molecule has 0 bridgehead atoms. The molecule has 0 aliphatic heterocycles. The molecule has 0 saturated heterocycles. The van der Waals surface area contributed by atoms with E-state index in [1.807, 2.05) is 19.9 Å². The summed E-state index contributed by atoms with van der Waals surface area (Å²) in [6, 6.07) is 12.3. The number of hydrogen-bond acceptors (Lipinski definition) is 6. The lowest BCUT2D eigenvalue weighted by molar-refractivity contribution is -0.118. The van der Waals surface area contributed by atoms with Gasteiger partial charge in [0.25, 0.3) is 5.91 Å². The molecule has 0 fully saturated rings. The first-order valence-electron chi connectivity index (χ1n) is 10.4. The SMILES string of the molecule is CCn1ncc(C(=O)/C=C/c2ccc(OCC(=O)Nc3ccccc3OC)c(OC)c2)c1C. The van der Waals surface area contributed by atoms with Gasteiger partial charge in [0.1, 0.15) is 5.75 Å². The minimum absolute atomic E-state index is 0.125. The molecule has 8 nitrogen and oxygen atoms in total. The Labute approximate surface area is 192 Å². The smallest absolute Gasteiger partial charge is 0.262 e. The Hall–Kier alpha value is -4.07. The largest absolute Gasteiger partial charge is 0.495 e. The number of aromatic nitrogens is 2. The van der Waals surface area contributed by atoms with Crippen LogP contribution in [0.15, 0.2) is 54.7 Å². The number of ether oxygens (including phenoxy) is 3. The summed E-state index contributed by atoms with van der Waals surface area (Å²) < 4.78 is 18.0. The van der Waals surface area contributed by atoms with Crippen molar-refractivity contribution >= 4 is 23.5 Å². The highest BCUT2D eigenvalue weighted by Crippen LogP contribution is 2.29. The summed E-state index contributed by atoms with van der Waals surface area (Å²) in [5.41, 5.74) is 2.72. The highest BCUT2D eigenvalue weighted by atomic mass is 16.5. The molecule has 1 aromatic heterocycles. The monoisotopic (exact) mass is 449 g/mol. The second-order valence-corrected chi connectivity index (χ2v) is 7.10. The van der Waals surface area contributed by atoms with Crippen molar-refractivity contribution in [3.05, 3.63) is 71.6 Å². The van der Waals surface area contributed by atoms with Gasteiger partial charge in [0.2, 0.25) is 0 Å². The Kier molecular flexibility index (Phi) is 7.86. The summed E-state index contributed by atoms with van der Waals surface area (Å²) in [5.74, 6) is 0.964. The van der Waals surface area contributed by atoms with Gasteiger partial charge in [-0.05, 0) is 49.8 Å². The number of hydrogen-bond donors (Lipinski definition) is 1. The average molecular weight is 450 g/mol. The molecule has 0 aliphatic rings. The summed E-state index contributed by atoms with van der Waals surface area (Å²) in [4.78, 5) is 24.8. The predicted octanol–water partition coefficient (Wildman–Crippen LogP) is 4.14. The van der Waals surface area contributed by atoms with E-state index in [9.17, 15) is 9.59 Å². The van der Waals surface area contributed by atoms with Gasteiger partial charge in [-0.3, -0.25) is 14.3 Å². The minimum atomic E-state index is -0.334. The number of nitrogens with one attached hydrogen (secondary N) is 1. The lowest BCUT2D eigenvalue weighted by atomic mass is 10.1. The van der Waals surface area contributed by atoms with Crippen LogP contribution >= 0.6 is 0 Å². The van der Waals surface area contributed by atoms with Gasteiger partial charge in [0.05, 0.1) is 31.7 Å². The zero-order valence-corrected chi connectivity index (χ0v) is 19.1. The number of rotatable bonds is 10. The molecule has 1 amide bonds. The zero-order chi connectivity index (χ0) is 23.8. The van der Waals surface area contributed by atoms with Gasteiger partial charge in [-0.1, -0.05) is 24.3 Å². The number of methoxy groups -OCH3 is 2. The number of carbonyl (C=O) groups excluding carboxylic acids is 2. The number of benzene rings is 2. The maximum Gasteiger partial charge on any atom is 0.262 e. The first-order chi connectivity index (χ1) is 16.0. The molecule has 2 aromatic carbocycles. The van der Waals surface area contributed by atoms with Crippen LogP contribution in [0.3, 0.4) is 0 Å². The third-order valence-corrected chi connectivity index (χ3v) is 5.02. The molecule has 0 unspecified atom stereocenters. The second-order valence-electron chi connectivity index (χ2n) is 7.10. The predicted molar refractivity (Wildman–Crippen MR) is 126 cm³/mol. The van der Waals surface area contributed by atoms with Crippen molar-refractivity contribution in [2.24, 2.45) is 0 Å². The molecule has 0 atom stereocenters. The summed E-state index contributed by atoms with van der Waals surface area (Å²) in [7, 11) is 3.05. The van der Waals surface area contributed by atoms with Crippen LogP contribution in [0, 0.1) is 6.92 Å². The van der Waals surface area contributed by atoms with Crippen molar-refractivity contribution < 1.29 is 23.8 Å². The lowest BCUT2D eigenvalue weighted by Crippen LogP contribution is -2.20. The molecule has 3 rings (SSSR count). The molecule has 172 valence electrons. The highest BCUT2D eigenvalue weighted by molar-refractivity contribution is 6.07. The number of nitrogens with zero attached hydrogens (tertiary/aromatic N) is 2. The Balaban J connectivity index is 1.64. The number of amides is 1. The minimum Gasteiger partial charge on any atom is -0.495 e. The summed E-state index contributed by atoms with van der Waals surface area (Å²) >= 11 is 0. The molecule has 1 N–H and O–H groups in total. The number of carbonyl (C=O) groups is 2. The Morgan fingerprint density at radius 2 is 1.82 bits per heavy atom. The van der Waals surface area contributed by atoms with Crippen molar-refractivity contribution in [3.8, 4) is 17.2 Å². The molecular formula is C25H27N3O5. The van der Waals surface area contributed by atoms with Gasteiger partial charge in [-0.2, -0.15) is 5.10 Å². The van der Waals surface area contributed by atoms with Crippen molar-refractivity contribution in [2.75, 3.05) is 26.1 Å². The van der Waals surface area contributed by atoms with Gasteiger partial charge in [0, 0.05) is 12.2 Å². The van der Waals surface area contributed by atoms with Crippen molar-refractivity contribution in [1.29, 1.82) is 0 Å². The lowest BCUT2D eigenvalue weighted by Gasteiger charge is -2.13. The first-order valence-corrected chi connectivity index (χ1v) is 10.4. The topological polar surface area (TPSA) is 91.7 Å². The molecule has 3 aromatic rings. The van der Waals surface area contributed by atoms with E-state index in [4.69, 9.17) is 14.2 Å². The summed E-state index contributed by atoms with van der Waals surface area (Å²) in [6.45, 7) is 4.35. The van der Waals surface area contributed by atoms with E-state index in [0.29, 0.717) is 35.0 Å². The van der Waals surface area contributed by atoms with Gasteiger partial charge < -0.3 is 19.5 Å². The number of para-hydroxylation sites is 2. The summed E-state index contributed by atoms with van der Waals surface area (Å²) in [6.07, 6.45) is 4.78.